The second-order valence-electron chi connectivity index (χ2n) is 8.58. The summed E-state index contributed by atoms with van der Waals surface area (Å²) in [6.45, 7) is 1.00. The molecular formula is C22H32Br2N4O2. The van der Waals surface area contributed by atoms with E-state index in [1.165, 1.54) is 0 Å². The molecule has 6 nitrogen and oxygen atoms in total. The molecule has 0 aromatic heterocycles. The maximum Gasteiger partial charge on any atom is 0.133 e. The van der Waals surface area contributed by atoms with E-state index in [1.807, 2.05) is 24.3 Å². The van der Waals surface area contributed by atoms with E-state index in [1.54, 1.807) is 24.6 Å². The largest absolute Gasteiger partial charge is 1.00 e. The monoisotopic (exact) mass is 542 g/mol. The number of phenols is 2. The third-order valence-electron chi connectivity index (χ3n) is 4.39. The number of nitrogens with zero attached hydrogens (tertiary/aromatic N) is 4. The molecule has 0 aliphatic carbocycles. The smallest absolute Gasteiger partial charge is 0.133 e. The summed E-state index contributed by atoms with van der Waals surface area (Å²) in [6, 6.07) is 11.1. The van der Waals surface area contributed by atoms with Crippen LogP contribution in [0.1, 0.15) is 11.1 Å². The Hall–Kier alpha value is -1.74. The fourth-order valence-electron chi connectivity index (χ4n) is 2.57. The first-order chi connectivity index (χ1) is 13.0. The predicted octanol–water partition coefficient (Wildman–Crippen LogP) is -2.96. The van der Waals surface area contributed by atoms with Crippen LogP contribution < -0.4 is 42.9 Å². The Labute approximate surface area is 200 Å². The van der Waals surface area contributed by atoms with Gasteiger partial charge < -0.3 is 44.2 Å². The Morgan fingerprint density at radius 2 is 1.00 bits per heavy atom. The van der Waals surface area contributed by atoms with Gasteiger partial charge >= 0.3 is 0 Å². The molecule has 0 aliphatic rings. The average molecular weight is 544 g/mol. The number of hydrogen-bond acceptors (Lipinski definition) is 4. The molecule has 0 saturated carbocycles. The van der Waals surface area contributed by atoms with Gasteiger partial charge in [-0.2, -0.15) is 0 Å². The summed E-state index contributed by atoms with van der Waals surface area (Å²) in [5.41, 5.74) is 3.57. The summed E-state index contributed by atoms with van der Waals surface area (Å²) in [4.78, 5) is 8.73. The number of hydrogen-bond donors (Lipinski definition) is 2. The number of phenolic OH excluding ortho intramolecular Hbond substituents is 2. The molecule has 0 radical (unpaired) electrons. The van der Waals surface area contributed by atoms with Crippen molar-refractivity contribution in [1.29, 1.82) is 0 Å². The second kappa shape index (κ2) is 11.6. The van der Waals surface area contributed by atoms with Gasteiger partial charge in [0.05, 0.1) is 55.4 Å². The summed E-state index contributed by atoms with van der Waals surface area (Å²) in [5, 5.41) is 20.0. The fourth-order valence-corrected chi connectivity index (χ4v) is 2.57. The molecule has 0 unspecified atom stereocenters. The van der Waals surface area contributed by atoms with Crippen LogP contribution in [0.15, 0.2) is 46.4 Å². The van der Waals surface area contributed by atoms with Crippen molar-refractivity contribution in [2.45, 2.75) is 0 Å². The summed E-state index contributed by atoms with van der Waals surface area (Å²) < 4.78 is 1.34. The molecule has 0 saturated heterocycles. The van der Waals surface area contributed by atoms with Gasteiger partial charge in [0.2, 0.25) is 0 Å². The quantitative estimate of drug-likeness (QED) is 0.223. The lowest BCUT2D eigenvalue weighted by Gasteiger charge is -2.23. The number of aliphatic imine (C=N–C) groups is 2. The summed E-state index contributed by atoms with van der Waals surface area (Å²) in [7, 11) is 12.4. The van der Waals surface area contributed by atoms with Gasteiger partial charge in [-0.3, -0.25) is 19.0 Å². The maximum absolute atomic E-state index is 10.0. The highest BCUT2D eigenvalue weighted by Crippen LogP contribution is 2.25. The van der Waals surface area contributed by atoms with E-state index in [4.69, 9.17) is 0 Å². The number of rotatable bonds is 7. The van der Waals surface area contributed by atoms with E-state index in [9.17, 15) is 10.2 Å². The Morgan fingerprint density at radius 3 is 1.30 bits per heavy atom. The highest BCUT2D eigenvalue weighted by molar-refractivity contribution is 5.86. The molecule has 0 bridgehead atoms. The Bertz CT molecular complexity index is 812. The van der Waals surface area contributed by atoms with E-state index in [2.05, 4.69) is 52.3 Å². The molecule has 0 atom stereocenters. The molecule has 0 aliphatic heterocycles. The predicted molar refractivity (Wildman–Crippen MR) is 120 cm³/mol. The maximum atomic E-state index is 10.0. The molecule has 2 aromatic rings. The lowest BCUT2D eigenvalue weighted by Crippen LogP contribution is -3.00. The van der Waals surface area contributed by atoms with Crippen molar-refractivity contribution >= 4 is 23.8 Å². The number of quaternary nitrogens is 2. The van der Waals surface area contributed by atoms with E-state index < -0.39 is 0 Å². The van der Waals surface area contributed by atoms with Crippen molar-refractivity contribution in [2.24, 2.45) is 9.98 Å². The van der Waals surface area contributed by atoms with Crippen LogP contribution in [0.4, 0.5) is 11.4 Å². The van der Waals surface area contributed by atoms with E-state index in [0.29, 0.717) is 33.2 Å². The SMILES string of the molecule is C[N+](C)(C)c1ccc(O)c(C=NCCN=Cc2cc([N+](C)(C)C)ccc2O)c1.[Br-].[Br-]. The Morgan fingerprint density at radius 1 is 0.667 bits per heavy atom. The van der Waals surface area contributed by atoms with Gasteiger partial charge in [-0.05, 0) is 12.1 Å². The minimum atomic E-state index is 0. The molecule has 8 heteroatoms. The third kappa shape index (κ3) is 8.18. The minimum absolute atomic E-state index is 0. The lowest BCUT2D eigenvalue weighted by molar-refractivity contribution is -0.00100. The van der Waals surface area contributed by atoms with Crippen molar-refractivity contribution in [3.63, 3.8) is 0 Å². The number of benzene rings is 2. The van der Waals surface area contributed by atoms with Gasteiger partial charge in [-0.1, -0.05) is 0 Å². The Balaban J connectivity index is 0.00000420. The van der Waals surface area contributed by atoms with Crippen LogP contribution >= 0.6 is 0 Å². The molecule has 30 heavy (non-hydrogen) atoms. The van der Waals surface area contributed by atoms with E-state index >= 15 is 0 Å². The number of halogens is 2. The molecule has 2 N–H and O–H groups in total. The van der Waals surface area contributed by atoms with Crippen molar-refractivity contribution in [3.8, 4) is 11.5 Å². The van der Waals surface area contributed by atoms with Crippen LogP contribution in [0.3, 0.4) is 0 Å². The molecule has 166 valence electrons. The zero-order valence-electron chi connectivity index (χ0n) is 18.5. The molecule has 0 spiro atoms. The molecule has 2 aromatic carbocycles. The van der Waals surface area contributed by atoms with Crippen LogP contribution in [0.5, 0.6) is 11.5 Å². The Kier molecular flexibility index (Phi) is 10.9. The molecule has 0 heterocycles. The average Bonchev–Trinajstić information content (AvgIpc) is 2.58. The zero-order chi connectivity index (χ0) is 20.9. The summed E-state index contributed by atoms with van der Waals surface area (Å²) >= 11 is 0. The van der Waals surface area contributed by atoms with Gasteiger partial charge in [0.1, 0.15) is 22.9 Å². The minimum Gasteiger partial charge on any atom is -1.00 e. The summed E-state index contributed by atoms with van der Waals surface area (Å²) in [6.07, 6.45) is 3.36. The van der Waals surface area contributed by atoms with E-state index in [0.717, 1.165) is 11.4 Å². The topological polar surface area (TPSA) is 65.2 Å². The van der Waals surface area contributed by atoms with Gasteiger partial charge in [0, 0.05) is 47.8 Å². The first-order valence-corrected chi connectivity index (χ1v) is 9.28. The van der Waals surface area contributed by atoms with Crippen LogP contribution in [0.2, 0.25) is 0 Å². The van der Waals surface area contributed by atoms with Crippen LogP contribution in [0.25, 0.3) is 0 Å². The van der Waals surface area contributed by atoms with Crippen molar-refractivity contribution < 1.29 is 44.2 Å². The first kappa shape index (κ1) is 28.3. The number of aromatic hydroxyl groups is 2. The van der Waals surface area contributed by atoms with Gasteiger partial charge in [-0.15, -0.1) is 0 Å². The van der Waals surface area contributed by atoms with Crippen LogP contribution in [-0.2, 0) is 0 Å². The van der Waals surface area contributed by atoms with Crippen molar-refractivity contribution in [2.75, 3.05) is 55.4 Å². The summed E-state index contributed by atoms with van der Waals surface area (Å²) in [5.74, 6) is 0.429. The molecular weight excluding hydrogens is 512 g/mol. The first-order valence-electron chi connectivity index (χ1n) is 9.28. The van der Waals surface area contributed by atoms with Crippen LogP contribution in [-0.4, -0.2) is 78.0 Å². The normalized spacial score (nSPS) is 12.1. The molecule has 2 rings (SSSR count). The van der Waals surface area contributed by atoms with Gasteiger partial charge in [0.15, 0.2) is 0 Å². The highest BCUT2D eigenvalue weighted by atomic mass is 79.9. The van der Waals surface area contributed by atoms with E-state index in [-0.39, 0.29) is 45.5 Å². The fraction of sp³-hybridized carbons (Fsp3) is 0.364. The molecule has 0 fully saturated rings. The van der Waals surface area contributed by atoms with Crippen LogP contribution in [0, 0.1) is 0 Å². The molecule has 0 amide bonds. The zero-order valence-corrected chi connectivity index (χ0v) is 21.6. The highest BCUT2D eigenvalue weighted by Gasteiger charge is 2.14. The van der Waals surface area contributed by atoms with Gasteiger partial charge in [-0.25, -0.2) is 0 Å². The van der Waals surface area contributed by atoms with Crippen molar-refractivity contribution in [3.05, 3.63) is 47.5 Å². The van der Waals surface area contributed by atoms with Gasteiger partial charge in [0.25, 0.3) is 0 Å². The van der Waals surface area contributed by atoms with Crippen molar-refractivity contribution in [1.82, 2.24) is 8.97 Å². The second-order valence-corrected chi connectivity index (χ2v) is 8.58. The standard InChI is InChI=1S/C22H30N4O2.2BrH/c1-25(2,3)19-7-9-21(27)17(13-19)15-23-11-12-24-16-18-14-20(26(4,5)6)8-10-22(18)28;;/h7-10,13-16H,11-12H2,1-6H3;2*1H. The lowest BCUT2D eigenvalue weighted by atomic mass is 10.1. The third-order valence-corrected chi connectivity index (χ3v) is 4.39.